The molecule has 3 amide bonds. The summed E-state index contributed by atoms with van der Waals surface area (Å²) >= 11 is 0. The molecule has 1 aliphatic carbocycles. The van der Waals surface area contributed by atoms with Crippen molar-refractivity contribution in [3.05, 3.63) is 23.5 Å². The average Bonchev–Trinajstić information content (AvgIpc) is 3.04. The summed E-state index contributed by atoms with van der Waals surface area (Å²) in [6.45, 7) is 0.922. The molecule has 4 heterocycles. The Morgan fingerprint density at radius 3 is 2.78 bits per heavy atom. The third-order valence-corrected chi connectivity index (χ3v) is 4.89. The minimum atomic E-state index is -0.855. The van der Waals surface area contributed by atoms with Gasteiger partial charge in [-0.1, -0.05) is 0 Å². The fourth-order valence-electron chi connectivity index (χ4n) is 3.33. The summed E-state index contributed by atoms with van der Waals surface area (Å²) in [5.41, 5.74) is 1.28. The van der Waals surface area contributed by atoms with Crippen LogP contribution >= 0.6 is 0 Å². The number of halogens is 1. The number of hydrogen-bond donors (Lipinski definition) is 3. The zero-order chi connectivity index (χ0) is 18.5. The van der Waals surface area contributed by atoms with Crippen molar-refractivity contribution in [2.24, 2.45) is 0 Å². The maximum Gasteiger partial charge on any atom is 0.326 e. The number of urea groups is 1. The second-order valence-corrected chi connectivity index (χ2v) is 7.05. The molecule has 1 unspecified atom stereocenters. The summed E-state index contributed by atoms with van der Waals surface area (Å²) < 4.78 is 15.3. The fraction of sp³-hybridized carbons (Fsp3) is 0.412. The third kappa shape index (κ3) is 2.96. The summed E-state index contributed by atoms with van der Waals surface area (Å²) in [6.07, 6.45) is 4.96. The molecule has 2 saturated heterocycles. The van der Waals surface area contributed by atoms with Crippen LogP contribution in [0, 0.1) is 0 Å². The summed E-state index contributed by atoms with van der Waals surface area (Å²) in [6, 6.07) is 1.73. The number of hydrogen-bond acceptors (Lipinski definition) is 6. The van der Waals surface area contributed by atoms with E-state index in [2.05, 4.69) is 26.0 Å². The molecule has 2 aromatic heterocycles. The molecule has 1 atom stereocenters. The van der Waals surface area contributed by atoms with Crippen molar-refractivity contribution in [3.8, 4) is 0 Å². The quantitative estimate of drug-likeness (QED) is 0.548. The normalized spacial score (nSPS) is 24.0. The first kappa shape index (κ1) is 16.0. The Balaban J connectivity index is 1.59. The first-order valence-electron chi connectivity index (χ1n) is 8.95. The molecule has 1 saturated carbocycles. The van der Waals surface area contributed by atoms with Crippen LogP contribution in [0.5, 0.6) is 0 Å². The van der Waals surface area contributed by atoms with E-state index in [4.69, 9.17) is 0 Å². The molecule has 2 aliphatic heterocycles. The molecule has 0 spiro atoms. The molecular formula is C17H18FN7O2. The van der Waals surface area contributed by atoms with E-state index in [0.29, 0.717) is 42.6 Å². The average molecular weight is 371 g/mol. The van der Waals surface area contributed by atoms with Crippen LogP contribution in [-0.4, -0.2) is 51.8 Å². The second-order valence-electron chi connectivity index (χ2n) is 7.05. The first-order chi connectivity index (χ1) is 13.1. The third-order valence-electron chi connectivity index (χ3n) is 4.89. The van der Waals surface area contributed by atoms with E-state index in [0.717, 1.165) is 18.7 Å². The zero-order valence-electron chi connectivity index (χ0n) is 14.4. The largest absolute Gasteiger partial charge is 0.367 e. The van der Waals surface area contributed by atoms with Crippen molar-refractivity contribution in [1.29, 1.82) is 0 Å². The summed E-state index contributed by atoms with van der Waals surface area (Å²) in [5, 5.41) is 12.4. The van der Waals surface area contributed by atoms with Crippen LogP contribution < -0.4 is 20.9 Å². The molecule has 0 aromatic carbocycles. The Morgan fingerprint density at radius 2 is 2.11 bits per heavy atom. The van der Waals surface area contributed by atoms with Crippen LogP contribution in [0.2, 0.25) is 0 Å². The Hall–Kier alpha value is -3.17. The molecule has 3 aliphatic rings. The number of aromatic nitrogens is 3. The van der Waals surface area contributed by atoms with Crippen molar-refractivity contribution >= 4 is 35.3 Å². The molecule has 140 valence electrons. The highest BCUT2D eigenvalue weighted by Crippen LogP contribution is 2.30. The lowest BCUT2D eigenvalue weighted by atomic mass is 10.2. The predicted octanol–water partition coefficient (Wildman–Crippen LogP) is 1.03. The van der Waals surface area contributed by atoms with Gasteiger partial charge in [0, 0.05) is 24.2 Å². The Bertz CT molecular complexity index is 981. The van der Waals surface area contributed by atoms with Crippen LogP contribution in [0.25, 0.3) is 11.7 Å². The zero-order valence-corrected chi connectivity index (χ0v) is 14.4. The van der Waals surface area contributed by atoms with Gasteiger partial charge < -0.3 is 15.5 Å². The van der Waals surface area contributed by atoms with E-state index in [9.17, 15) is 14.0 Å². The number of rotatable bonds is 4. The van der Waals surface area contributed by atoms with Gasteiger partial charge in [0.05, 0.1) is 12.7 Å². The van der Waals surface area contributed by atoms with Crippen molar-refractivity contribution in [2.75, 3.05) is 23.3 Å². The van der Waals surface area contributed by atoms with E-state index in [-0.39, 0.29) is 5.70 Å². The number of carbonyl (C=O) groups excluding carboxylic acids is 2. The van der Waals surface area contributed by atoms with Gasteiger partial charge in [-0.3, -0.25) is 10.1 Å². The van der Waals surface area contributed by atoms with E-state index < -0.39 is 18.1 Å². The molecule has 2 aromatic rings. The van der Waals surface area contributed by atoms with E-state index >= 15 is 0 Å². The molecule has 27 heavy (non-hydrogen) atoms. The minimum absolute atomic E-state index is 0.142. The van der Waals surface area contributed by atoms with E-state index in [1.807, 2.05) is 11.0 Å². The standard InChI is InChI=1S/C17H18FN7O2/c18-10-3-4-24(8-10)13-6-14(20-11-1-2-11)25-15(22-13)9(7-19-25)5-12-16(26)23-17(27)21-12/h5-7,10-11,20H,1-4,8H2,(H2,21,23,26,27). The molecule has 3 N–H and O–H groups in total. The highest BCUT2D eigenvalue weighted by atomic mass is 19.1. The van der Waals surface area contributed by atoms with Gasteiger partial charge >= 0.3 is 6.03 Å². The Morgan fingerprint density at radius 1 is 1.26 bits per heavy atom. The summed E-state index contributed by atoms with van der Waals surface area (Å²) in [4.78, 5) is 29.7. The van der Waals surface area contributed by atoms with Gasteiger partial charge in [-0.25, -0.2) is 14.2 Å². The van der Waals surface area contributed by atoms with Gasteiger partial charge in [-0.2, -0.15) is 9.61 Å². The maximum absolute atomic E-state index is 13.7. The Labute approximate surface area is 153 Å². The molecule has 0 radical (unpaired) electrons. The highest BCUT2D eigenvalue weighted by Gasteiger charge is 2.27. The predicted molar refractivity (Wildman–Crippen MR) is 96.0 cm³/mol. The number of amides is 3. The first-order valence-corrected chi connectivity index (χ1v) is 8.95. The fourth-order valence-corrected chi connectivity index (χ4v) is 3.33. The molecular weight excluding hydrogens is 353 g/mol. The van der Waals surface area contributed by atoms with Gasteiger partial charge in [0.15, 0.2) is 5.65 Å². The lowest BCUT2D eigenvalue weighted by Crippen LogP contribution is -2.22. The van der Waals surface area contributed by atoms with Gasteiger partial charge in [-0.15, -0.1) is 0 Å². The van der Waals surface area contributed by atoms with Crippen molar-refractivity contribution in [2.45, 2.75) is 31.5 Å². The molecule has 9 nitrogen and oxygen atoms in total. The van der Waals surface area contributed by atoms with Crippen LogP contribution in [0.15, 0.2) is 18.0 Å². The van der Waals surface area contributed by atoms with Gasteiger partial charge in [0.25, 0.3) is 5.91 Å². The minimum Gasteiger partial charge on any atom is -0.367 e. The molecule has 3 fully saturated rings. The van der Waals surface area contributed by atoms with Gasteiger partial charge in [0.1, 0.15) is 23.5 Å². The smallest absolute Gasteiger partial charge is 0.326 e. The number of fused-ring (bicyclic) bond motifs is 1. The summed E-state index contributed by atoms with van der Waals surface area (Å²) in [5.74, 6) is 0.960. The van der Waals surface area contributed by atoms with Crippen molar-refractivity contribution in [3.63, 3.8) is 0 Å². The molecule has 5 rings (SSSR count). The number of alkyl halides is 1. The van der Waals surface area contributed by atoms with Crippen molar-refractivity contribution < 1.29 is 14.0 Å². The van der Waals surface area contributed by atoms with Crippen molar-refractivity contribution in [1.82, 2.24) is 25.2 Å². The lowest BCUT2D eigenvalue weighted by molar-refractivity contribution is -0.115. The Kier molecular flexibility index (Phi) is 3.52. The monoisotopic (exact) mass is 371 g/mol. The highest BCUT2D eigenvalue weighted by molar-refractivity contribution is 6.14. The van der Waals surface area contributed by atoms with Gasteiger partial charge in [-0.05, 0) is 25.3 Å². The molecule has 10 heteroatoms. The number of nitrogens with one attached hydrogen (secondary N) is 3. The SMILES string of the molecule is O=C1NC(=O)C(=Cc2cnn3c(NC4CC4)cc(N4CCC(F)C4)nc23)N1. The number of nitrogens with zero attached hydrogens (tertiary/aromatic N) is 4. The van der Waals surface area contributed by atoms with Crippen LogP contribution in [0.4, 0.5) is 20.8 Å². The second kappa shape index (κ2) is 5.93. The maximum atomic E-state index is 13.7. The lowest BCUT2D eigenvalue weighted by Gasteiger charge is -2.18. The van der Waals surface area contributed by atoms with Crippen LogP contribution in [0.1, 0.15) is 24.8 Å². The number of imide groups is 1. The van der Waals surface area contributed by atoms with Gasteiger partial charge in [0.2, 0.25) is 0 Å². The topological polar surface area (TPSA) is 104 Å². The molecule has 0 bridgehead atoms. The van der Waals surface area contributed by atoms with Crippen LogP contribution in [0.3, 0.4) is 0 Å². The van der Waals surface area contributed by atoms with E-state index in [1.54, 1.807) is 16.8 Å². The number of anilines is 2. The van der Waals surface area contributed by atoms with Crippen LogP contribution in [-0.2, 0) is 4.79 Å². The number of carbonyl (C=O) groups is 2. The van der Waals surface area contributed by atoms with E-state index in [1.165, 1.54) is 0 Å². The summed E-state index contributed by atoms with van der Waals surface area (Å²) in [7, 11) is 0.